The van der Waals surface area contributed by atoms with Gasteiger partial charge in [0.2, 0.25) is 0 Å². The zero-order valence-electron chi connectivity index (χ0n) is 13.1. The lowest BCUT2D eigenvalue weighted by molar-refractivity contribution is 0.450. The van der Waals surface area contributed by atoms with Gasteiger partial charge < -0.3 is 5.32 Å². The second-order valence-electron chi connectivity index (χ2n) is 5.65. The van der Waals surface area contributed by atoms with Crippen molar-refractivity contribution in [2.45, 2.75) is 33.0 Å². The van der Waals surface area contributed by atoms with E-state index >= 15 is 0 Å². The highest BCUT2D eigenvalue weighted by Gasteiger charge is 2.08. The van der Waals surface area contributed by atoms with Crippen molar-refractivity contribution in [3.05, 3.63) is 60.2 Å². The van der Waals surface area contributed by atoms with Crippen molar-refractivity contribution in [2.24, 2.45) is 0 Å². The summed E-state index contributed by atoms with van der Waals surface area (Å²) in [7, 11) is 0. The van der Waals surface area contributed by atoms with Gasteiger partial charge in [0.15, 0.2) is 0 Å². The van der Waals surface area contributed by atoms with Gasteiger partial charge in [0, 0.05) is 18.8 Å². The molecule has 0 aliphatic carbocycles. The number of nitrogens with zero attached hydrogens (tertiary/aromatic N) is 5. The minimum absolute atomic E-state index is 0.229. The number of hydrogen-bond donors (Lipinski definition) is 1. The molecule has 1 aromatic carbocycles. The van der Waals surface area contributed by atoms with Crippen molar-refractivity contribution >= 4 is 0 Å². The maximum atomic E-state index is 14.2. The lowest BCUT2D eigenvalue weighted by atomic mass is 10.2. The molecule has 6 nitrogen and oxygen atoms in total. The predicted molar refractivity (Wildman–Crippen MR) is 84.6 cm³/mol. The zero-order valence-corrected chi connectivity index (χ0v) is 13.1. The average Bonchev–Trinajstić information content (AvgIpc) is 3.17. The van der Waals surface area contributed by atoms with Crippen molar-refractivity contribution in [1.29, 1.82) is 0 Å². The highest BCUT2D eigenvalue weighted by molar-refractivity contribution is 5.35. The van der Waals surface area contributed by atoms with Gasteiger partial charge in [-0.25, -0.2) is 14.1 Å². The highest BCUT2D eigenvalue weighted by atomic mass is 19.1. The lowest BCUT2D eigenvalue weighted by Gasteiger charge is -2.14. The first kappa shape index (κ1) is 15.4. The Balaban J connectivity index is 1.59. The van der Waals surface area contributed by atoms with Crippen molar-refractivity contribution in [3.63, 3.8) is 0 Å². The summed E-state index contributed by atoms with van der Waals surface area (Å²) in [5, 5.41) is 11.6. The molecule has 0 amide bonds. The van der Waals surface area contributed by atoms with Crippen LogP contribution >= 0.6 is 0 Å². The molecule has 1 atom stereocenters. The third kappa shape index (κ3) is 3.81. The van der Waals surface area contributed by atoms with Crippen molar-refractivity contribution in [2.75, 3.05) is 0 Å². The molecule has 0 saturated heterocycles. The summed E-state index contributed by atoms with van der Waals surface area (Å²) in [4.78, 5) is 3.83. The maximum Gasteiger partial charge on any atom is 0.149 e. The fourth-order valence-electron chi connectivity index (χ4n) is 2.38. The monoisotopic (exact) mass is 314 g/mol. The molecule has 0 aliphatic heterocycles. The molecule has 0 spiro atoms. The van der Waals surface area contributed by atoms with Crippen LogP contribution < -0.4 is 5.32 Å². The largest absolute Gasteiger partial charge is 0.308 e. The van der Waals surface area contributed by atoms with Crippen LogP contribution in [0.3, 0.4) is 0 Å². The molecule has 23 heavy (non-hydrogen) atoms. The Morgan fingerprint density at radius 2 is 2.17 bits per heavy atom. The summed E-state index contributed by atoms with van der Waals surface area (Å²) in [6, 6.07) is 5.35. The van der Waals surface area contributed by atoms with Gasteiger partial charge in [0.05, 0.1) is 12.7 Å². The van der Waals surface area contributed by atoms with E-state index < -0.39 is 0 Å². The van der Waals surface area contributed by atoms with Gasteiger partial charge in [-0.3, -0.25) is 4.68 Å². The molecule has 7 heteroatoms. The number of aromatic nitrogens is 5. The van der Waals surface area contributed by atoms with Crippen LogP contribution in [0.1, 0.15) is 18.1 Å². The molecule has 1 unspecified atom stereocenters. The molecule has 2 aromatic heterocycles. The summed E-state index contributed by atoms with van der Waals surface area (Å²) < 4.78 is 17.5. The molecule has 1 N–H and O–H groups in total. The summed E-state index contributed by atoms with van der Waals surface area (Å²) in [6.07, 6.45) is 6.70. The molecule has 0 bridgehead atoms. The summed E-state index contributed by atoms with van der Waals surface area (Å²) in [5.74, 6) is -0.315. The topological polar surface area (TPSA) is 60.6 Å². The third-order valence-electron chi connectivity index (χ3n) is 3.56. The van der Waals surface area contributed by atoms with E-state index in [0.717, 1.165) is 17.7 Å². The first-order valence-electron chi connectivity index (χ1n) is 7.47. The van der Waals surface area contributed by atoms with Gasteiger partial charge in [0.25, 0.3) is 0 Å². The smallest absolute Gasteiger partial charge is 0.149 e. The molecule has 120 valence electrons. The number of benzene rings is 1. The fourth-order valence-corrected chi connectivity index (χ4v) is 2.38. The van der Waals surface area contributed by atoms with Crippen LogP contribution in [0.25, 0.3) is 5.69 Å². The number of nitrogens with one attached hydrogen (secondary N) is 1. The number of aryl methyl sites for hydroxylation is 1. The lowest BCUT2D eigenvalue weighted by Crippen LogP contribution is -2.30. The van der Waals surface area contributed by atoms with Gasteiger partial charge in [0.1, 0.15) is 24.2 Å². The molecule has 0 saturated carbocycles. The Bertz CT molecular complexity index is 765. The highest BCUT2D eigenvalue weighted by Crippen LogP contribution is 2.14. The fraction of sp³-hybridized carbons (Fsp3) is 0.312. The van der Waals surface area contributed by atoms with Gasteiger partial charge in [-0.1, -0.05) is 6.07 Å². The second-order valence-corrected chi connectivity index (χ2v) is 5.65. The molecular formula is C16H19FN6. The Kier molecular flexibility index (Phi) is 4.47. The van der Waals surface area contributed by atoms with E-state index in [2.05, 4.69) is 27.4 Å². The molecule has 0 radical (unpaired) electrons. The van der Waals surface area contributed by atoms with E-state index in [1.807, 2.05) is 30.1 Å². The van der Waals surface area contributed by atoms with Crippen LogP contribution in [0.2, 0.25) is 0 Å². The Labute approximate surface area is 134 Å². The van der Waals surface area contributed by atoms with Crippen LogP contribution in [0.15, 0.2) is 43.2 Å². The van der Waals surface area contributed by atoms with Crippen LogP contribution in [0.4, 0.5) is 4.39 Å². The average molecular weight is 314 g/mol. The van der Waals surface area contributed by atoms with Gasteiger partial charge in [-0.2, -0.15) is 10.2 Å². The van der Waals surface area contributed by atoms with Crippen molar-refractivity contribution < 1.29 is 4.39 Å². The van der Waals surface area contributed by atoms with Gasteiger partial charge in [-0.05, 0) is 37.1 Å². The minimum atomic E-state index is -0.315. The van der Waals surface area contributed by atoms with E-state index in [1.165, 1.54) is 23.4 Å². The van der Waals surface area contributed by atoms with E-state index in [0.29, 0.717) is 12.2 Å². The third-order valence-corrected chi connectivity index (χ3v) is 3.56. The molecular weight excluding hydrogens is 295 g/mol. The Morgan fingerprint density at radius 1 is 1.30 bits per heavy atom. The molecule has 3 rings (SSSR count). The molecule has 0 fully saturated rings. The first-order valence-corrected chi connectivity index (χ1v) is 7.47. The minimum Gasteiger partial charge on any atom is -0.308 e. The molecule has 2 heterocycles. The molecule has 3 aromatic rings. The van der Waals surface area contributed by atoms with Crippen LogP contribution in [-0.4, -0.2) is 30.6 Å². The van der Waals surface area contributed by atoms with Crippen molar-refractivity contribution in [1.82, 2.24) is 29.9 Å². The standard InChI is InChI=1S/C16H19FN6/c1-12-6-20-22(8-12)9-13(2)19-7-14-3-4-16(15(17)5-14)23-11-18-10-21-23/h3-6,8,10-11,13,19H,7,9H2,1-2H3. The van der Waals surface area contributed by atoms with E-state index in [1.54, 1.807) is 6.07 Å². The summed E-state index contributed by atoms with van der Waals surface area (Å²) >= 11 is 0. The van der Waals surface area contributed by atoms with Crippen LogP contribution in [-0.2, 0) is 13.1 Å². The summed E-state index contributed by atoms with van der Waals surface area (Å²) in [5.41, 5.74) is 2.42. The van der Waals surface area contributed by atoms with Crippen LogP contribution in [0.5, 0.6) is 0 Å². The first-order chi connectivity index (χ1) is 11.1. The number of halogens is 1. The van der Waals surface area contributed by atoms with Crippen LogP contribution in [0, 0.1) is 12.7 Å². The van der Waals surface area contributed by atoms with Gasteiger partial charge >= 0.3 is 0 Å². The van der Waals surface area contributed by atoms with Gasteiger partial charge in [-0.15, -0.1) is 0 Å². The van der Waals surface area contributed by atoms with E-state index in [9.17, 15) is 4.39 Å². The summed E-state index contributed by atoms with van der Waals surface area (Å²) in [6.45, 7) is 5.46. The Morgan fingerprint density at radius 3 is 2.83 bits per heavy atom. The molecule has 0 aliphatic rings. The maximum absolute atomic E-state index is 14.2. The van der Waals surface area contributed by atoms with E-state index in [-0.39, 0.29) is 11.9 Å². The number of rotatable bonds is 6. The normalized spacial score (nSPS) is 12.5. The zero-order chi connectivity index (χ0) is 16.2. The van der Waals surface area contributed by atoms with Crippen molar-refractivity contribution in [3.8, 4) is 5.69 Å². The Hall–Kier alpha value is -2.54. The number of hydrogen-bond acceptors (Lipinski definition) is 4. The van der Waals surface area contributed by atoms with E-state index in [4.69, 9.17) is 0 Å². The quantitative estimate of drug-likeness (QED) is 0.757. The second kappa shape index (κ2) is 6.70. The SMILES string of the molecule is Cc1cnn(CC(C)NCc2ccc(-n3cncn3)c(F)c2)c1. The predicted octanol–water partition coefficient (Wildman–Crippen LogP) is 2.09.